The van der Waals surface area contributed by atoms with Gasteiger partial charge >= 0.3 is 0 Å². The average molecular weight is 489 g/mol. The number of para-hydroxylation sites is 2. The Morgan fingerprint density at radius 3 is 2.43 bits per heavy atom. The summed E-state index contributed by atoms with van der Waals surface area (Å²) in [5.74, 6) is -0.593. The first-order chi connectivity index (χ1) is 17.0. The molecule has 8 heteroatoms. The second-order valence-electron chi connectivity index (χ2n) is 8.77. The van der Waals surface area contributed by atoms with E-state index in [-0.39, 0.29) is 12.5 Å². The number of carbonyl (C=O) groups is 3. The third-order valence-corrected chi connectivity index (χ3v) is 7.40. The molecule has 0 bridgehead atoms. The van der Waals surface area contributed by atoms with Crippen molar-refractivity contribution in [1.82, 2.24) is 14.4 Å². The van der Waals surface area contributed by atoms with Gasteiger partial charge in [0.2, 0.25) is 5.91 Å². The van der Waals surface area contributed by atoms with E-state index in [2.05, 4.69) is 34.6 Å². The zero-order chi connectivity index (χ0) is 24.4. The van der Waals surface area contributed by atoms with Gasteiger partial charge in [0.1, 0.15) is 6.54 Å². The van der Waals surface area contributed by atoms with Crippen molar-refractivity contribution in [3.05, 3.63) is 71.3 Å². The van der Waals surface area contributed by atoms with Crippen LogP contribution in [0.25, 0.3) is 17.0 Å². The lowest BCUT2D eigenvalue weighted by molar-refractivity contribution is -0.136. The maximum Gasteiger partial charge on any atom is 0.294 e. The highest BCUT2D eigenvalue weighted by atomic mass is 32.2. The number of hydrogen-bond acceptors (Lipinski definition) is 5. The third-order valence-electron chi connectivity index (χ3n) is 6.49. The van der Waals surface area contributed by atoms with Crippen molar-refractivity contribution in [3.8, 4) is 0 Å². The number of thioether (sulfide) groups is 1. The summed E-state index contributed by atoms with van der Waals surface area (Å²) in [5, 5.41) is 0.648. The smallest absolute Gasteiger partial charge is 0.294 e. The van der Waals surface area contributed by atoms with Crippen molar-refractivity contribution in [2.75, 3.05) is 37.6 Å². The Balaban J connectivity index is 1.26. The van der Waals surface area contributed by atoms with Gasteiger partial charge in [-0.3, -0.25) is 19.3 Å². The van der Waals surface area contributed by atoms with Crippen LogP contribution in [0.2, 0.25) is 0 Å². The highest BCUT2D eigenvalue weighted by molar-refractivity contribution is 8.18. The summed E-state index contributed by atoms with van der Waals surface area (Å²) in [5.41, 5.74) is 3.14. The molecule has 0 spiro atoms. The lowest BCUT2D eigenvalue weighted by atomic mass is 10.1. The van der Waals surface area contributed by atoms with Crippen LogP contribution in [-0.2, 0) is 16.1 Å². The largest absolute Gasteiger partial charge is 0.368 e. The minimum Gasteiger partial charge on any atom is -0.368 e. The Morgan fingerprint density at radius 2 is 1.69 bits per heavy atom. The molecule has 3 aromatic rings. The molecule has 180 valence electrons. The molecule has 3 heterocycles. The lowest BCUT2D eigenvalue weighted by Gasteiger charge is -2.36. The van der Waals surface area contributed by atoms with Gasteiger partial charge in [-0.1, -0.05) is 43.3 Å². The number of aromatic nitrogens is 1. The van der Waals surface area contributed by atoms with Gasteiger partial charge in [-0.2, -0.15) is 0 Å². The Morgan fingerprint density at radius 1 is 0.971 bits per heavy atom. The number of carbonyl (C=O) groups excluding carboxylic acids is 3. The lowest BCUT2D eigenvalue weighted by Crippen LogP contribution is -2.51. The molecule has 0 atom stereocenters. The van der Waals surface area contributed by atoms with Gasteiger partial charge in [-0.25, -0.2) is 0 Å². The van der Waals surface area contributed by atoms with Gasteiger partial charge in [-0.15, -0.1) is 0 Å². The zero-order valence-electron chi connectivity index (χ0n) is 19.7. The monoisotopic (exact) mass is 488 g/mol. The average Bonchev–Trinajstić information content (AvgIpc) is 3.37. The number of amides is 3. The Hall–Kier alpha value is -3.52. The Kier molecular flexibility index (Phi) is 6.63. The van der Waals surface area contributed by atoms with Gasteiger partial charge < -0.3 is 14.4 Å². The Bertz CT molecular complexity index is 1290. The van der Waals surface area contributed by atoms with E-state index in [0.717, 1.165) is 64.9 Å². The van der Waals surface area contributed by atoms with E-state index in [4.69, 9.17) is 0 Å². The van der Waals surface area contributed by atoms with Gasteiger partial charge in [0.25, 0.3) is 11.1 Å². The number of fused-ring (bicyclic) bond motifs is 1. The molecule has 5 rings (SSSR count). The molecule has 3 amide bonds. The van der Waals surface area contributed by atoms with Crippen LogP contribution in [0.5, 0.6) is 0 Å². The van der Waals surface area contributed by atoms with Crippen LogP contribution in [0.3, 0.4) is 0 Å². The van der Waals surface area contributed by atoms with E-state index in [1.807, 2.05) is 42.6 Å². The molecule has 0 N–H and O–H groups in total. The summed E-state index contributed by atoms with van der Waals surface area (Å²) in [6.45, 7) is 5.36. The molecular formula is C27H28N4O3S. The number of benzene rings is 2. The number of rotatable bonds is 6. The topological polar surface area (TPSA) is 65.9 Å². The molecular weight excluding hydrogens is 460 g/mol. The van der Waals surface area contributed by atoms with Crippen molar-refractivity contribution in [2.45, 2.75) is 19.9 Å². The number of aryl methyl sites for hydroxylation is 1. The van der Waals surface area contributed by atoms with Crippen molar-refractivity contribution >= 4 is 51.5 Å². The highest BCUT2D eigenvalue weighted by Crippen LogP contribution is 2.34. The minimum absolute atomic E-state index is 0.194. The predicted octanol–water partition coefficient (Wildman–Crippen LogP) is 4.44. The molecule has 2 aliphatic heterocycles. The van der Waals surface area contributed by atoms with Gasteiger partial charge in [0.15, 0.2) is 0 Å². The van der Waals surface area contributed by atoms with Crippen molar-refractivity contribution in [3.63, 3.8) is 0 Å². The van der Waals surface area contributed by atoms with Gasteiger partial charge in [-0.05, 0) is 42.5 Å². The van der Waals surface area contributed by atoms with Crippen LogP contribution in [0.15, 0.2) is 65.7 Å². The molecule has 7 nitrogen and oxygen atoms in total. The maximum atomic E-state index is 13.1. The summed E-state index contributed by atoms with van der Waals surface area (Å²) in [6, 6.07) is 18.2. The molecule has 2 aromatic carbocycles. The van der Waals surface area contributed by atoms with E-state index in [9.17, 15) is 14.4 Å². The second-order valence-corrected chi connectivity index (χ2v) is 9.76. The maximum absolute atomic E-state index is 13.1. The van der Waals surface area contributed by atoms with E-state index in [1.165, 1.54) is 0 Å². The van der Waals surface area contributed by atoms with E-state index in [0.29, 0.717) is 18.0 Å². The van der Waals surface area contributed by atoms with Crippen molar-refractivity contribution in [2.24, 2.45) is 0 Å². The molecule has 2 saturated heterocycles. The summed E-state index contributed by atoms with van der Waals surface area (Å²) in [7, 11) is 0. The fourth-order valence-corrected chi connectivity index (χ4v) is 5.51. The highest BCUT2D eigenvalue weighted by Gasteiger charge is 2.37. The normalized spacial score (nSPS) is 17.7. The SMILES string of the molecule is CCCn1cc(/C=C2\SC(=O)N(CC(=O)N3CCN(c4ccccc4)CC3)C2=O)c2ccccc21. The van der Waals surface area contributed by atoms with Crippen LogP contribution >= 0.6 is 11.8 Å². The first-order valence-electron chi connectivity index (χ1n) is 12.0. The molecule has 0 radical (unpaired) electrons. The molecule has 2 fully saturated rings. The van der Waals surface area contributed by atoms with Crippen LogP contribution < -0.4 is 4.90 Å². The summed E-state index contributed by atoms with van der Waals surface area (Å²) >= 11 is 0.904. The molecule has 0 unspecified atom stereocenters. The molecule has 1 aromatic heterocycles. The fraction of sp³-hybridized carbons (Fsp3) is 0.296. The number of hydrogen-bond donors (Lipinski definition) is 0. The quantitative estimate of drug-likeness (QED) is 0.480. The number of piperazine rings is 1. The number of imide groups is 1. The van der Waals surface area contributed by atoms with Crippen LogP contribution in [0.1, 0.15) is 18.9 Å². The zero-order valence-corrected chi connectivity index (χ0v) is 20.5. The van der Waals surface area contributed by atoms with Crippen LogP contribution in [0.4, 0.5) is 10.5 Å². The summed E-state index contributed by atoms with van der Waals surface area (Å²) in [6.07, 6.45) is 4.80. The van der Waals surface area contributed by atoms with E-state index >= 15 is 0 Å². The molecule has 0 aliphatic carbocycles. The fourth-order valence-electron chi connectivity index (χ4n) is 4.68. The second kappa shape index (κ2) is 10.00. The van der Waals surface area contributed by atoms with Crippen molar-refractivity contribution < 1.29 is 14.4 Å². The Labute approximate surface area is 209 Å². The van der Waals surface area contributed by atoms with Gasteiger partial charge in [0, 0.05) is 61.1 Å². The minimum atomic E-state index is -0.399. The predicted molar refractivity (Wildman–Crippen MR) is 140 cm³/mol. The first kappa shape index (κ1) is 23.2. The molecule has 0 saturated carbocycles. The first-order valence-corrected chi connectivity index (χ1v) is 12.8. The van der Waals surface area contributed by atoms with Crippen molar-refractivity contribution in [1.29, 1.82) is 0 Å². The molecule has 2 aliphatic rings. The van der Waals surface area contributed by atoms with Gasteiger partial charge in [0.05, 0.1) is 4.91 Å². The van der Waals surface area contributed by atoms with Crippen LogP contribution in [-0.4, -0.2) is 64.1 Å². The third kappa shape index (κ3) is 4.71. The summed E-state index contributed by atoms with van der Waals surface area (Å²) in [4.78, 5) is 44.1. The van der Waals surface area contributed by atoms with Crippen LogP contribution in [0, 0.1) is 0 Å². The molecule has 35 heavy (non-hydrogen) atoms. The summed E-state index contributed by atoms with van der Waals surface area (Å²) < 4.78 is 2.17. The van der Waals surface area contributed by atoms with E-state index < -0.39 is 11.1 Å². The standard InChI is InChI=1S/C27H28N4O3S/c1-2-12-30-18-20(22-10-6-7-11-23(22)30)17-24-26(33)31(27(34)35-24)19-25(32)29-15-13-28(14-16-29)21-8-4-3-5-9-21/h3-11,17-18H,2,12-16,19H2,1H3/b24-17-. The number of nitrogens with zero attached hydrogens (tertiary/aromatic N) is 4. The number of anilines is 1. The van der Waals surface area contributed by atoms with E-state index in [1.54, 1.807) is 11.0 Å².